The molecule has 2 fully saturated rings. The van der Waals surface area contributed by atoms with E-state index in [0.717, 1.165) is 23.9 Å². The van der Waals surface area contributed by atoms with E-state index in [1.807, 2.05) is 33.7 Å². The maximum atomic E-state index is 12.7. The number of ether oxygens (including phenoxy) is 1. The second-order valence-corrected chi connectivity index (χ2v) is 7.21. The Bertz CT molecular complexity index is 810. The van der Waals surface area contributed by atoms with Gasteiger partial charge in [-0.2, -0.15) is 0 Å². The zero-order valence-electron chi connectivity index (χ0n) is 14.7. The Kier molecular flexibility index (Phi) is 4.63. The van der Waals surface area contributed by atoms with Crippen LogP contribution in [0.25, 0.3) is 11.0 Å². The number of carbonyl (C=O) groups is 2. The number of imidazole rings is 1. The van der Waals surface area contributed by atoms with Gasteiger partial charge >= 0.3 is 0 Å². The quantitative estimate of drug-likeness (QED) is 0.890. The normalized spacial score (nSPS) is 24.2. The number of amides is 2. The van der Waals surface area contributed by atoms with Crippen LogP contribution in [0.5, 0.6) is 0 Å². The molecule has 2 saturated heterocycles. The molecule has 0 unspecified atom stereocenters. The Morgan fingerprint density at radius 1 is 1.19 bits per heavy atom. The molecule has 2 N–H and O–H groups in total. The fraction of sp³-hybridized carbons (Fsp3) is 0.526. The van der Waals surface area contributed by atoms with Crippen molar-refractivity contribution in [2.45, 2.75) is 31.9 Å². The van der Waals surface area contributed by atoms with Crippen LogP contribution in [0, 0.1) is 11.8 Å². The number of primary amides is 1. The van der Waals surface area contributed by atoms with Crippen molar-refractivity contribution in [2.24, 2.45) is 17.6 Å². The summed E-state index contributed by atoms with van der Waals surface area (Å²) in [6, 6.07) is 7.81. The molecule has 2 aliphatic rings. The van der Waals surface area contributed by atoms with Gasteiger partial charge in [-0.15, -0.1) is 0 Å². The first-order valence-corrected chi connectivity index (χ1v) is 9.22. The van der Waals surface area contributed by atoms with Gasteiger partial charge in [-0.1, -0.05) is 12.1 Å². The molecular formula is C19H24N4O3. The summed E-state index contributed by atoms with van der Waals surface area (Å²) in [4.78, 5) is 30.5. The fourth-order valence-corrected chi connectivity index (χ4v) is 4.24. The monoisotopic (exact) mass is 356 g/mol. The molecule has 138 valence electrons. The molecule has 0 saturated carbocycles. The van der Waals surface area contributed by atoms with Gasteiger partial charge in [0, 0.05) is 19.7 Å². The molecule has 26 heavy (non-hydrogen) atoms. The molecule has 7 heteroatoms. The Balaban J connectivity index is 1.36. The van der Waals surface area contributed by atoms with E-state index in [2.05, 4.69) is 4.98 Å². The van der Waals surface area contributed by atoms with Gasteiger partial charge in [-0.25, -0.2) is 4.98 Å². The first kappa shape index (κ1) is 17.0. The molecule has 2 atom stereocenters. The van der Waals surface area contributed by atoms with Crippen molar-refractivity contribution in [3.63, 3.8) is 0 Å². The smallest absolute Gasteiger partial charge is 0.242 e. The number of hydrogen-bond donors (Lipinski definition) is 1. The van der Waals surface area contributed by atoms with Gasteiger partial charge in [0.15, 0.2) is 0 Å². The predicted octanol–water partition coefficient (Wildman–Crippen LogP) is 1.17. The highest BCUT2D eigenvalue weighted by atomic mass is 16.5. The summed E-state index contributed by atoms with van der Waals surface area (Å²) in [5, 5.41) is 0. The van der Waals surface area contributed by atoms with Gasteiger partial charge < -0.3 is 19.9 Å². The Hall–Kier alpha value is -2.41. The lowest BCUT2D eigenvalue weighted by atomic mass is 9.84. The topological polar surface area (TPSA) is 90.5 Å². The van der Waals surface area contributed by atoms with Crippen molar-refractivity contribution >= 4 is 22.8 Å². The Labute approximate surface area is 152 Å². The third kappa shape index (κ3) is 3.19. The third-order valence-electron chi connectivity index (χ3n) is 5.69. The average Bonchev–Trinajstić information content (AvgIpc) is 3.29. The van der Waals surface area contributed by atoms with Crippen molar-refractivity contribution < 1.29 is 14.3 Å². The molecule has 1 aromatic carbocycles. The van der Waals surface area contributed by atoms with Gasteiger partial charge in [-0.3, -0.25) is 9.59 Å². The maximum absolute atomic E-state index is 12.7. The van der Waals surface area contributed by atoms with E-state index in [1.165, 1.54) is 0 Å². The van der Waals surface area contributed by atoms with E-state index in [-0.39, 0.29) is 23.8 Å². The molecular weight excluding hydrogens is 332 g/mol. The molecule has 2 aliphatic heterocycles. The lowest BCUT2D eigenvalue weighted by molar-refractivity contribution is -0.135. The number of carbonyl (C=O) groups excluding carboxylic acids is 2. The maximum Gasteiger partial charge on any atom is 0.242 e. The standard InChI is InChI=1S/C19H24N4O3/c20-19(25)14-7-10-26-18(14)13-5-8-22(9-6-13)17(24)11-23-12-21-15-3-1-2-4-16(15)23/h1-4,12-14,18H,5-11H2,(H2,20,25)/t14-,18+/m0/s1. The Morgan fingerprint density at radius 3 is 2.73 bits per heavy atom. The lowest BCUT2D eigenvalue weighted by Crippen LogP contribution is -2.45. The van der Waals surface area contributed by atoms with E-state index in [1.54, 1.807) is 6.33 Å². The summed E-state index contributed by atoms with van der Waals surface area (Å²) >= 11 is 0. The molecule has 7 nitrogen and oxygen atoms in total. The van der Waals surface area contributed by atoms with Crippen LogP contribution in [0.4, 0.5) is 0 Å². The number of nitrogens with zero attached hydrogens (tertiary/aromatic N) is 3. The molecule has 0 aliphatic carbocycles. The van der Waals surface area contributed by atoms with E-state index in [4.69, 9.17) is 10.5 Å². The highest BCUT2D eigenvalue weighted by Gasteiger charge is 2.39. The zero-order chi connectivity index (χ0) is 18.1. The number of likely N-dealkylation sites (tertiary alicyclic amines) is 1. The molecule has 0 radical (unpaired) electrons. The van der Waals surface area contributed by atoms with Crippen LogP contribution in [0.15, 0.2) is 30.6 Å². The summed E-state index contributed by atoms with van der Waals surface area (Å²) in [6.07, 6.45) is 4.06. The Morgan fingerprint density at radius 2 is 1.96 bits per heavy atom. The van der Waals surface area contributed by atoms with E-state index in [0.29, 0.717) is 38.6 Å². The van der Waals surface area contributed by atoms with E-state index >= 15 is 0 Å². The predicted molar refractivity (Wildman–Crippen MR) is 96.1 cm³/mol. The van der Waals surface area contributed by atoms with Gasteiger partial charge in [0.1, 0.15) is 6.54 Å². The summed E-state index contributed by atoms with van der Waals surface area (Å²) in [5.74, 6) is -0.0453. The second-order valence-electron chi connectivity index (χ2n) is 7.21. The minimum Gasteiger partial charge on any atom is -0.377 e. The molecule has 0 spiro atoms. The number of aromatic nitrogens is 2. The molecule has 3 heterocycles. The molecule has 0 bridgehead atoms. The first-order chi connectivity index (χ1) is 12.6. The highest BCUT2D eigenvalue weighted by Crippen LogP contribution is 2.33. The van der Waals surface area contributed by atoms with Crippen LogP contribution in [-0.2, 0) is 20.9 Å². The highest BCUT2D eigenvalue weighted by molar-refractivity contribution is 5.80. The minimum absolute atomic E-state index is 0.0812. The van der Waals surface area contributed by atoms with Crippen LogP contribution >= 0.6 is 0 Å². The fourth-order valence-electron chi connectivity index (χ4n) is 4.24. The summed E-state index contributed by atoms with van der Waals surface area (Å²) in [7, 11) is 0. The molecule has 1 aromatic heterocycles. The van der Waals surface area contributed by atoms with Crippen LogP contribution < -0.4 is 5.73 Å². The largest absolute Gasteiger partial charge is 0.377 e. The molecule has 2 aromatic rings. The third-order valence-corrected chi connectivity index (χ3v) is 5.69. The number of nitrogens with two attached hydrogens (primary N) is 1. The number of hydrogen-bond acceptors (Lipinski definition) is 4. The van der Waals surface area contributed by atoms with Crippen LogP contribution in [0.2, 0.25) is 0 Å². The summed E-state index contributed by atoms with van der Waals surface area (Å²) < 4.78 is 7.67. The van der Waals surface area contributed by atoms with Crippen molar-refractivity contribution in [1.82, 2.24) is 14.5 Å². The SMILES string of the molecule is NC(=O)[C@H]1CCO[C@@H]1C1CCN(C(=O)Cn2cnc3ccccc32)CC1. The van der Waals surface area contributed by atoms with Gasteiger partial charge in [-0.05, 0) is 37.3 Å². The summed E-state index contributed by atoms with van der Waals surface area (Å²) in [6.45, 7) is 2.29. The first-order valence-electron chi connectivity index (χ1n) is 9.22. The lowest BCUT2D eigenvalue weighted by Gasteiger charge is -2.35. The molecule has 4 rings (SSSR count). The minimum atomic E-state index is -0.266. The molecule has 2 amide bonds. The van der Waals surface area contributed by atoms with Crippen LogP contribution in [0.1, 0.15) is 19.3 Å². The van der Waals surface area contributed by atoms with E-state index < -0.39 is 0 Å². The van der Waals surface area contributed by atoms with Gasteiger partial charge in [0.2, 0.25) is 11.8 Å². The number of rotatable bonds is 4. The van der Waals surface area contributed by atoms with Crippen molar-refractivity contribution in [3.05, 3.63) is 30.6 Å². The van der Waals surface area contributed by atoms with Gasteiger partial charge in [0.05, 0.1) is 29.4 Å². The summed E-state index contributed by atoms with van der Waals surface area (Å²) in [5.41, 5.74) is 7.37. The van der Waals surface area contributed by atoms with Crippen molar-refractivity contribution in [2.75, 3.05) is 19.7 Å². The van der Waals surface area contributed by atoms with Crippen LogP contribution in [-0.4, -0.2) is 52.1 Å². The zero-order valence-corrected chi connectivity index (χ0v) is 14.7. The van der Waals surface area contributed by atoms with Crippen LogP contribution in [0.3, 0.4) is 0 Å². The number of fused-ring (bicyclic) bond motifs is 1. The number of para-hydroxylation sites is 2. The second kappa shape index (κ2) is 7.07. The van der Waals surface area contributed by atoms with Crippen molar-refractivity contribution in [3.8, 4) is 0 Å². The average molecular weight is 356 g/mol. The van der Waals surface area contributed by atoms with Crippen molar-refractivity contribution in [1.29, 1.82) is 0 Å². The number of benzene rings is 1. The van der Waals surface area contributed by atoms with E-state index in [9.17, 15) is 9.59 Å². The number of piperidine rings is 1. The van der Waals surface area contributed by atoms with Gasteiger partial charge in [0.25, 0.3) is 0 Å².